The quantitative estimate of drug-likeness (QED) is 0.530. The van der Waals surface area contributed by atoms with Crippen molar-refractivity contribution in [2.24, 2.45) is 17.3 Å². The second kappa shape index (κ2) is 3.23. The van der Waals surface area contributed by atoms with E-state index < -0.39 is 17.3 Å². The molecule has 0 radical (unpaired) electrons. The summed E-state index contributed by atoms with van der Waals surface area (Å²) in [5, 5.41) is 17.6. The second-order valence-corrected chi connectivity index (χ2v) is 4.05. The summed E-state index contributed by atoms with van der Waals surface area (Å²) in [6.45, 7) is 3.23. The zero-order valence-corrected chi connectivity index (χ0v) is 8.07. The van der Waals surface area contributed by atoms with Gasteiger partial charge in [-0.1, -0.05) is 13.8 Å². The molecule has 14 heavy (non-hydrogen) atoms. The molecule has 0 heterocycles. The van der Waals surface area contributed by atoms with Gasteiger partial charge in [0.15, 0.2) is 11.6 Å². The first-order valence-electron chi connectivity index (χ1n) is 4.29. The van der Waals surface area contributed by atoms with E-state index in [0.29, 0.717) is 0 Å². The van der Waals surface area contributed by atoms with Crippen LogP contribution in [0.4, 0.5) is 0 Å². The highest BCUT2D eigenvalue weighted by Crippen LogP contribution is 2.40. The number of carbonyl (C=O) groups is 2. The molecule has 1 saturated carbocycles. The topological polar surface area (TPSA) is 81.7 Å². The zero-order chi connectivity index (χ0) is 10.9. The van der Waals surface area contributed by atoms with Gasteiger partial charge in [-0.3, -0.25) is 9.59 Å². The van der Waals surface area contributed by atoms with Gasteiger partial charge < -0.3 is 0 Å². The smallest absolute Gasteiger partial charge is 0.158 e. The lowest BCUT2D eigenvalue weighted by Crippen LogP contribution is -2.45. The number of carbonyl (C=O) groups excluding carboxylic acids is 2. The van der Waals surface area contributed by atoms with E-state index in [1.807, 2.05) is 12.1 Å². The SMILES string of the molecule is CC1(C)C(C#N)C(=O)CC(=O)C1C#N. The molecule has 0 amide bonds. The summed E-state index contributed by atoms with van der Waals surface area (Å²) in [6.07, 6.45) is -0.278. The van der Waals surface area contributed by atoms with Crippen molar-refractivity contribution in [2.75, 3.05) is 0 Å². The van der Waals surface area contributed by atoms with Crippen LogP contribution in [0.15, 0.2) is 0 Å². The Bertz CT molecular complexity index is 337. The van der Waals surface area contributed by atoms with Gasteiger partial charge in [0.1, 0.15) is 11.8 Å². The van der Waals surface area contributed by atoms with Crippen LogP contribution in [0, 0.1) is 39.9 Å². The molecule has 1 aliphatic carbocycles. The van der Waals surface area contributed by atoms with E-state index in [4.69, 9.17) is 10.5 Å². The minimum absolute atomic E-state index is 0.278. The highest BCUT2D eigenvalue weighted by atomic mass is 16.2. The number of Topliss-reactive ketones (excluding diaryl/α,β-unsaturated/α-hetero) is 2. The minimum atomic E-state index is -0.865. The molecular formula is C10H10N2O2. The van der Waals surface area contributed by atoms with Gasteiger partial charge in [-0.05, 0) is 0 Å². The third-order valence-electron chi connectivity index (χ3n) is 2.74. The van der Waals surface area contributed by atoms with Crippen molar-refractivity contribution >= 4 is 11.6 Å². The van der Waals surface area contributed by atoms with E-state index in [1.165, 1.54) is 0 Å². The molecule has 0 bridgehead atoms. The maximum Gasteiger partial charge on any atom is 0.158 e. The average molecular weight is 190 g/mol. The Morgan fingerprint density at radius 2 is 1.50 bits per heavy atom. The molecular weight excluding hydrogens is 180 g/mol. The highest BCUT2D eigenvalue weighted by molar-refractivity contribution is 6.06. The third kappa shape index (κ3) is 1.29. The van der Waals surface area contributed by atoms with Crippen molar-refractivity contribution in [2.45, 2.75) is 20.3 Å². The van der Waals surface area contributed by atoms with Gasteiger partial charge in [-0.15, -0.1) is 0 Å². The predicted octanol–water partition coefficient (Wildman–Crippen LogP) is 0.834. The van der Waals surface area contributed by atoms with Crippen molar-refractivity contribution in [1.82, 2.24) is 0 Å². The van der Waals surface area contributed by atoms with E-state index >= 15 is 0 Å². The lowest BCUT2D eigenvalue weighted by Gasteiger charge is -2.35. The molecule has 2 unspecified atom stereocenters. The monoisotopic (exact) mass is 190 g/mol. The zero-order valence-electron chi connectivity index (χ0n) is 8.07. The largest absolute Gasteiger partial charge is 0.298 e. The maximum atomic E-state index is 11.4. The van der Waals surface area contributed by atoms with Crippen LogP contribution in [0.5, 0.6) is 0 Å². The van der Waals surface area contributed by atoms with Crippen molar-refractivity contribution in [1.29, 1.82) is 10.5 Å². The summed E-state index contributed by atoms with van der Waals surface area (Å²) < 4.78 is 0. The summed E-state index contributed by atoms with van der Waals surface area (Å²) >= 11 is 0. The number of nitrogens with zero attached hydrogens (tertiary/aromatic N) is 2. The standard InChI is InChI=1S/C10H10N2O2/c1-10(2)6(4-11)8(13)3-9(14)7(10)5-12/h6-7H,3H2,1-2H3. The Balaban J connectivity index is 3.17. The fourth-order valence-electron chi connectivity index (χ4n) is 1.85. The number of ketones is 2. The van der Waals surface area contributed by atoms with Crippen LogP contribution in [-0.4, -0.2) is 11.6 Å². The molecule has 0 aromatic heterocycles. The first-order chi connectivity index (χ1) is 6.45. The van der Waals surface area contributed by atoms with Crippen LogP contribution >= 0.6 is 0 Å². The average Bonchev–Trinajstić information content (AvgIpc) is 2.02. The van der Waals surface area contributed by atoms with E-state index in [2.05, 4.69) is 0 Å². The Morgan fingerprint density at radius 3 is 1.79 bits per heavy atom. The van der Waals surface area contributed by atoms with Crippen LogP contribution in [0.25, 0.3) is 0 Å². The predicted molar refractivity (Wildman–Crippen MR) is 46.6 cm³/mol. The van der Waals surface area contributed by atoms with Gasteiger partial charge in [0.25, 0.3) is 0 Å². The summed E-state index contributed by atoms with van der Waals surface area (Å²) in [5.41, 5.74) is -0.865. The molecule has 1 fully saturated rings. The van der Waals surface area contributed by atoms with Crippen molar-refractivity contribution in [3.8, 4) is 12.1 Å². The molecule has 4 heteroatoms. The van der Waals surface area contributed by atoms with Gasteiger partial charge in [0.05, 0.1) is 18.6 Å². The minimum Gasteiger partial charge on any atom is -0.298 e. The van der Waals surface area contributed by atoms with Crippen LogP contribution < -0.4 is 0 Å². The summed E-state index contributed by atoms with van der Waals surface area (Å²) in [5.74, 6) is -2.42. The van der Waals surface area contributed by atoms with Crippen LogP contribution in [0.3, 0.4) is 0 Å². The van der Waals surface area contributed by atoms with E-state index in [1.54, 1.807) is 13.8 Å². The second-order valence-electron chi connectivity index (χ2n) is 4.05. The lowest BCUT2D eigenvalue weighted by molar-refractivity contribution is -0.139. The van der Waals surface area contributed by atoms with Gasteiger partial charge in [-0.25, -0.2) is 0 Å². The van der Waals surface area contributed by atoms with Crippen LogP contribution in [0.1, 0.15) is 20.3 Å². The Labute approximate surface area is 82.1 Å². The molecule has 0 aliphatic heterocycles. The van der Waals surface area contributed by atoms with Gasteiger partial charge in [0, 0.05) is 5.41 Å². The maximum absolute atomic E-state index is 11.4. The Kier molecular flexibility index (Phi) is 2.40. The molecule has 0 aromatic rings. The summed E-state index contributed by atoms with van der Waals surface area (Å²) in [6, 6.07) is 3.75. The van der Waals surface area contributed by atoms with Crippen molar-refractivity contribution in [3.05, 3.63) is 0 Å². The molecule has 4 nitrogen and oxygen atoms in total. The number of hydrogen-bond acceptors (Lipinski definition) is 4. The van der Waals surface area contributed by atoms with E-state index in [9.17, 15) is 9.59 Å². The number of nitriles is 2. The summed E-state index contributed by atoms with van der Waals surface area (Å²) in [4.78, 5) is 22.7. The van der Waals surface area contributed by atoms with E-state index in [0.717, 1.165) is 0 Å². The number of rotatable bonds is 0. The van der Waals surface area contributed by atoms with Crippen LogP contribution in [0.2, 0.25) is 0 Å². The van der Waals surface area contributed by atoms with Crippen molar-refractivity contribution < 1.29 is 9.59 Å². The molecule has 0 N–H and O–H groups in total. The van der Waals surface area contributed by atoms with Crippen molar-refractivity contribution in [3.63, 3.8) is 0 Å². The van der Waals surface area contributed by atoms with Gasteiger partial charge in [0.2, 0.25) is 0 Å². The fraction of sp³-hybridized carbons (Fsp3) is 0.600. The molecule has 2 atom stereocenters. The number of hydrogen-bond donors (Lipinski definition) is 0. The van der Waals surface area contributed by atoms with E-state index in [-0.39, 0.29) is 18.0 Å². The Morgan fingerprint density at radius 1 is 1.14 bits per heavy atom. The molecule has 1 aliphatic rings. The Hall–Kier alpha value is -1.68. The van der Waals surface area contributed by atoms with Gasteiger partial charge in [-0.2, -0.15) is 10.5 Å². The molecule has 72 valence electrons. The first kappa shape index (κ1) is 10.4. The highest BCUT2D eigenvalue weighted by Gasteiger charge is 2.49. The normalized spacial score (nSPS) is 30.6. The molecule has 0 saturated heterocycles. The molecule has 1 rings (SSSR count). The van der Waals surface area contributed by atoms with Crippen LogP contribution in [-0.2, 0) is 9.59 Å². The molecule has 0 spiro atoms. The van der Waals surface area contributed by atoms with Gasteiger partial charge >= 0.3 is 0 Å². The first-order valence-corrected chi connectivity index (χ1v) is 4.29. The molecule has 0 aromatic carbocycles. The third-order valence-corrected chi connectivity index (χ3v) is 2.74. The fourth-order valence-corrected chi connectivity index (χ4v) is 1.85. The lowest BCUT2D eigenvalue weighted by atomic mass is 9.62. The summed E-state index contributed by atoms with van der Waals surface area (Å²) in [7, 11) is 0.